The van der Waals surface area contributed by atoms with Crippen LogP contribution in [0.3, 0.4) is 0 Å². The summed E-state index contributed by atoms with van der Waals surface area (Å²) in [7, 11) is 0. The van der Waals surface area contributed by atoms with Gasteiger partial charge < -0.3 is 10.4 Å². The Morgan fingerprint density at radius 2 is 2.21 bits per heavy atom. The first-order valence-electron chi connectivity index (χ1n) is 3.98. The molecule has 1 amide bonds. The van der Waals surface area contributed by atoms with Gasteiger partial charge in [0.2, 0.25) is 5.91 Å². The highest BCUT2D eigenvalue weighted by Gasteiger charge is 2.19. The minimum Gasteiger partial charge on any atom is -0.480 e. The number of rotatable bonds is 5. The maximum Gasteiger partial charge on any atom is 0.327 e. The van der Waals surface area contributed by atoms with Crippen LogP contribution >= 0.6 is 11.8 Å². The molecule has 0 rings (SSSR count). The van der Waals surface area contributed by atoms with Crippen LogP contribution < -0.4 is 5.32 Å². The molecular formula is C8H12N2O3S. The Morgan fingerprint density at radius 1 is 1.64 bits per heavy atom. The van der Waals surface area contributed by atoms with Crippen LogP contribution in [0.25, 0.3) is 0 Å². The number of carbonyl (C=O) groups is 2. The first kappa shape index (κ1) is 12.8. The molecule has 6 heteroatoms. The summed E-state index contributed by atoms with van der Waals surface area (Å²) in [5, 5.41) is 19.2. The van der Waals surface area contributed by atoms with Gasteiger partial charge in [0.15, 0.2) is 0 Å². The van der Waals surface area contributed by atoms with Crippen LogP contribution in [0.1, 0.15) is 13.8 Å². The van der Waals surface area contributed by atoms with Gasteiger partial charge >= 0.3 is 5.97 Å². The lowest BCUT2D eigenvalue weighted by molar-refractivity contribution is -0.140. The van der Waals surface area contributed by atoms with Crippen LogP contribution in [-0.4, -0.2) is 34.0 Å². The lowest BCUT2D eigenvalue weighted by Gasteiger charge is -2.12. The van der Waals surface area contributed by atoms with E-state index in [0.717, 1.165) is 0 Å². The molecule has 0 fully saturated rings. The Hall–Kier alpha value is -1.22. The number of carboxylic acids is 1. The Bertz CT molecular complexity index is 262. The largest absolute Gasteiger partial charge is 0.480 e. The molecule has 0 aromatic carbocycles. The average molecular weight is 216 g/mol. The number of thioether (sulfide) groups is 1. The molecule has 0 aromatic rings. The van der Waals surface area contributed by atoms with Gasteiger partial charge in [0.1, 0.15) is 6.04 Å². The van der Waals surface area contributed by atoms with E-state index in [-0.39, 0.29) is 16.9 Å². The van der Waals surface area contributed by atoms with Gasteiger partial charge in [-0.15, -0.1) is 11.8 Å². The first-order chi connectivity index (χ1) is 6.47. The molecule has 14 heavy (non-hydrogen) atoms. The summed E-state index contributed by atoms with van der Waals surface area (Å²) < 4.78 is 0. The van der Waals surface area contributed by atoms with E-state index in [4.69, 9.17) is 10.4 Å². The standard InChI is InChI=1S/C8H12N2O3S/c1-5(3-9)14-4-7(8(12)13)10-6(2)11/h5,7H,4H2,1-2H3,(H,10,11)(H,12,13). The predicted octanol–water partition coefficient (Wildman–Crippen LogP) is 0.221. The second-order valence-electron chi connectivity index (χ2n) is 2.70. The lowest BCUT2D eigenvalue weighted by Crippen LogP contribution is -2.41. The number of carbonyl (C=O) groups excluding carboxylic acids is 1. The van der Waals surface area contributed by atoms with Crippen molar-refractivity contribution in [3.8, 4) is 6.07 Å². The summed E-state index contributed by atoms with van der Waals surface area (Å²) in [5.41, 5.74) is 0. The molecule has 0 radical (unpaired) electrons. The molecule has 0 spiro atoms. The Kier molecular flexibility index (Phi) is 5.72. The highest BCUT2D eigenvalue weighted by Crippen LogP contribution is 2.10. The summed E-state index contributed by atoms with van der Waals surface area (Å²) in [6, 6.07) is 1.05. The molecule has 2 unspecified atom stereocenters. The second kappa shape index (κ2) is 6.27. The third kappa shape index (κ3) is 5.43. The zero-order chi connectivity index (χ0) is 11.1. The Balaban J connectivity index is 4.05. The van der Waals surface area contributed by atoms with Crippen LogP contribution in [0, 0.1) is 11.3 Å². The number of amides is 1. The van der Waals surface area contributed by atoms with E-state index >= 15 is 0 Å². The van der Waals surface area contributed by atoms with E-state index in [9.17, 15) is 9.59 Å². The second-order valence-corrected chi connectivity index (χ2v) is 4.07. The zero-order valence-electron chi connectivity index (χ0n) is 7.98. The number of nitrogens with one attached hydrogen (secondary N) is 1. The van der Waals surface area contributed by atoms with Crippen LogP contribution in [0.4, 0.5) is 0 Å². The van der Waals surface area contributed by atoms with Gasteiger partial charge in [-0.05, 0) is 6.92 Å². The summed E-state index contributed by atoms with van der Waals surface area (Å²) in [5.74, 6) is -1.27. The van der Waals surface area contributed by atoms with Gasteiger partial charge in [0.25, 0.3) is 0 Å². The molecule has 0 bridgehead atoms. The van der Waals surface area contributed by atoms with Crippen molar-refractivity contribution >= 4 is 23.6 Å². The summed E-state index contributed by atoms with van der Waals surface area (Å²) >= 11 is 1.20. The lowest BCUT2D eigenvalue weighted by atomic mass is 10.3. The van der Waals surface area contributed by atoms with Crippen molar-refractivity contribution in [2.45, 2.75) is 25.1 Å². The van der Waals surface area contributed by atoms with Crippen LogP contribution in [0.15, 0.2) is 0 Å². The zero-order valence-corrected chi connectivity index (χ0v) is 8.80. The number of nitrogens with zero attached hydrogens (tertiary/aromatic N) is 1. The molecule has 0 aliphatic heterocycles. The smallest absolute Gasteiger partial charge is 0.327 e. The highest BCUT2D eigenvalue weighted by molar-refractivity contribution is 8.00. The highest BCUT2D eigenvalue weighted by atomic mass is 32.2. The fraction of sp³-hybridized carbons (Fsp3) is 0.625. The van der Waals surface area contributed by atoms with Crippen LogP contribution in [0.2, 0.25) is 0 Å². The molecule has 0 saturated carbocycles. The van der Waals surface area contributed by atoms with Crippen molar-refractivity contribution in [1.29, 1.82) is 5.26 Å². The van der Waals surface area contributed by atoms with Crippen molar-refractivity contribution < 1.29 is 14.7 Å². The number of aliphatic carboxylic acids is 1. The molecule has 0 heterocycles. The number of carboxylic acid groups (broad SMARTS) is 1. The van der Waals surface area contributed by atoms with Gasteiger partial charge in [-0.1, -0.05) is 0 Å². The van der Waals surface area contributed by atoms with Gasteiger partial charge in [-0.25, -0.2) is 4.79 Å². The monoisotopic (exact) mass is 216 g/mol. The Morgan fingerprint density at radius 3 is 2.57 bits per heavy atom. The van der Waals surface area contributed by atoms with Crippen molar-refractivity contribution in [2.24, 2.45) is 0 Å². The Labute approximate surface area is 86.5 Å². The normalized spacial score (nSPS) is 13.8. The number of hydrogen-bond donors (Lipinski definition) is 2. The molecule has 0 saturated heterocycles. The minimum atomic E-state index is -1.09. The molecule has 0 aliphatic carbocycles. The van der Waals surface area contributed by atoms with Gasteiger partial charge in [0.05, 0.1) is 11.3 Å². The van der Waals surface area contributed by atoms with E-state index in [0.29, 0.717) is 0 Å². The summed E-state index contributed by atoms with van der Waals surface area (Å²) in [6.07, 6.45) is 0. The maximum atomic E-state index is 10.6. The summed E-state index contributed by atoms with van der Waals surface area (Å²) in [6.45, 7) is 2.94. The van der Waals surface area contributed by atoms with Crippen molar-refractivity contribution in [1.82, 2.24) is 5.32 Å². The van der Waals surface area contributed by atoms with E-state index in [1.54, 1.807) is 6.92 Å². The van der Waals surface area contributed by atoms with Crippen molar-refractivity contribution in [3.05, 3.63) is 0 Å². The van der Waals surface area contributed by atoms with Crippen molar-refractivity contribution in [2.75, 3.05) is 5.75 Å². The van der Waals surface area contributed by atoms with Crippen molar-refractivity contribution in [3.63, 3.8) is 0 Å². The number of nitriles is 1. The van der Waals surface area contributed by atoms with E-state index < -0.39 is 12.0 Å². The molecular weight excluding hydrogens is 204 g/mol. The fourth-order valence-electron chi connectivity index (χ4n) is 0.698. The van der Waals surface area contributed by atoms with E-state index in [1.165, 1.54) is 18.7 Å². The number of hydrogen-bond acceptors (Lipinski definition) is 4. The maximum absolute atomic E-state index is 10.6. The molecule has 2 atom stereocenters. The third-order valence-corrected chi connectivity index (χ3v) is 2.50. The molecule has 2 N–H and O–H groups in total. The third-order valence-electron chi connectivity index (χ3n) is 1.37. The average Bonchev–Trinajstić information content (AvgIpc) is 2.10. The van der Waals surface area contributed by atoms with E-state index in [2.05, 4.69) is 5.32 Å². The molecule has 0 aliphatic rings. The summed E-state index contributed by atoms with van der Waals surface area (Å²) in [4.78, 5) is 21.2. The molecule has 78 valence electrons. The minimum absolute atomic E-state index is 0.198. The molecule has 0 aromatic heterocycles. The van der Waals surface area contributed by atoms with Gasteiger partial charge in [-0.2, -0.15) is 5.26 Å². The van der Waals surface area contributed by atoms with Gasteiger partial charge in [0, 0.05) is 12.7 Å². The predicted molar refractivity (Wildman–Crippen MR) is 52.8 cm³/mol. The van der Waals surface area contributed by atoms with Crippen LogP contribution in [0.5, 0.6) is 0 Å². The van der Waals surface area contributed by atoms with Gasteiger partial charge in [-0.3, -0.25) is 4.79 Å². The fourth-order valence-corrected chi connectivity index (χ4v) is 1.48. The van der Waals surface area contributed by atoms with E-state index in [1.807, 2.05) is 6.07 Å². The topological polar surface area (TPSA) is 90.2 Å². The molecule has 5 nitrogen and oxygen atoms in total. The SMILES string of the molecule is CC(=O)NC(CSC(C)C#N)C(=O)O. The van der Waals surface area contributed by atoms with Crippen LogP contribution in [-0.2, 0) is 9.59 Å². The first-order valence-corrected chi connectivity index (χ1v) is 5.03. The quantitative estimate of drug-likeness (QED) is 0.686.